The zero-order chi connectivity index (χ0) is 15.1. The van der Waals surface area contributed by atoms with Crippen LogP contribution in [0, 0.1) is 0 Å². The molecule has 0 radical (unpaired) electrons. The van der Waals surface area contributed by atoms with Crippen molar-refractivity contribution in [2.45, 2.75) is 6.42 Å². The van der Waals surface area contributed by atoms with Crippen LogP contribution in [0.4, 0.5) is 5.69 Å². The third kappa shape index (κ3) is 5.26. The summed E-state index contributed by atoms with van der Waals surface area (Å²) in [5.41, 5.74) is 6.94. The fraction of sp³-hybridized carbons (Fsp3) is 0.200. The number of benzene rings is 1. The van der Waals surface area contributed by atoms with Crippen molar-refractivity contribution in [1.29, 1.82) is 0 Å². The van der Waals surface area contributed by atoms with Crippen molar-refractivity contribution in [3.05, 3.63) is 52.2 Å². The molecule has 1 aromatic heterocycles. The molecule has 0 spiro atoms. The van der Waals surface area contributed by atoms with E-state index in [0.717, 1.165) is 12.0 Å². The molecule has 0 aliphatic heterocycles. The van der Waals surface area contributed by atoms with Crippen LogP contribution in [0.3, 0.4) is 0 Å². The molecule has 110 valence electrons. The molecular weight excluding hydrogens is 304 g/mol. The predicted octanol–water partition coefficient (Wildman–Crippen LogP) is 2.58. The summed E-state index contributed by atoms with van der Waals surface area (Å²) in [5.74, 6) is -0.193. The van der Waals surface area contributed by atoms with Gasteiger partial charge in [-0.3, -0.25) is 4.79 Å². The Balaban J connectivity index is 1.74. The van der Waals surface area contributed by atoms with Crippen molar-refractivity contribution in [2.75, 3.05) is 18.5 Å². The Morgan fingerprint density at radius 2 is 2.19 bits per heavy atom. The first-order valence-electron chi connectivity index (χ1n) is 6.45. The Morgan fingerprint density at radius 3 is 2.90 bits per heavy atom. The highest BCUT2D eigenvalue weighted by atomic mass is 32.1. The van der Waals surface area contributed by atoms with Crippen LogP contribution in [0.25, 0.3) is 0 Å². The van der Waals surface area contributed by atoms with E-state index >= 15 is 0 Å². The van der Waals surface area contributed by atoms with Crippen LogP contribution in [0.1, 0.15) is 10.4 Å². The lowest BCUT2D eigenvalue weighted by Crippen LogP contribution is -2.19. The average Bonchev–Trinajstić information content (AvgIpc) is 2.97. The van der Waals surface area contributed by atoms with E-state index in [4.69, 9.17) is 22.7 Å². The molecule has 6 heteroatoms. The quantitative estimate of drug-likeness (QED) is 0.608. The molecule has 0 fully saturated rings. The second-order valence-corrected chi connectivity index (χ2v) is 5.85. The molecule has 21 heavy (non-hydrogen) atoms. The van der Waals surface area contributed by atoms with Crippen molar-refractivity contribution >= 4 is 40.1 Å². The van der Waals surface area contributed by atoms with Gasteiger partial charge in [0.15, 0.2) is 0 Å². The minimum Gasteiger partial charge on any atom is -0.389 e. The number of ether oxygens (including phenoxy) is 1. The van der Waals surface area contributed by atoms with Crippen molar-refractivity contribution < 1.29 is 9.53 Å². The summed E-state index contributed by atoms with van der Waals surface area (Å²) in [7, 11) is 0. The summed E-state index contributed by atoms with van der Waals surface area (Å²) in [6.07, 6.45) is 0.821. The van der Waals surface area contributed by atoms with E-state index in [1.807, 2.05) is 11.4 Å². The van der Waals surface area contributed by atoms with Gasteiger partial charge < -0.3 is 15.8 Å². The molecule has 0 aliphatic carbocycles. The van der Waals surface area contributed by atoms with E-state index in [0.29, 0.717) is 17.3 Å². The third-order valence-electron chi connectivity index (χ3n) is 2.74. The van der Waals surface area contributed by atoms with E-state index in [1.165, 1.54) is 4.88 Å². The average molecular weight is 320 g/mol. The monoisotopic (exact) mass is 320 g/mol. The number of hydrogen-bond donors (Lipinski definition) is 2. The van der Waals surface area contributed by atoms with E-state index < -0.39 is 0 Å². The number of thiophene rings is 1. The summed E-state index contributed by atoms with van der Waals surface area (Å²) in [5, 5.41) is 4.78. The van der Waals surface area contributed by atoms with Gasteiger partial charge in [-0.25, -0.2) is 0 Å². The van der Waals surface area contributed by atoms with Crippen LogP contribution >= 0.6 is 23.6 Å². The first kappa shape index (κ1) is 15.6. The highest BCUT2D eigenvalue weighted by Crippen LogP contribution is 2.11. The molecule has 1 heterocycles. The molecule has 1 aromatic carbocycles. The van der Waals surface area contributed by atoms with Crippen molar-refractivity contribution in [2.24, 2.45) is 5.73 Å². The molecule has 2 rings (SSSR count). The Bertz CT molecular complexity index is 612. The number of amides is 1. The van der Waals surface area contributed by atoms with Gasteiger partial charge in [-0.1, -0.05) is 30.4 Å². The van der Waals surface area contributed by atoms with Gasteiger partial charge in [-0.2, -0.15) is 0 Å². The topological polar surface area (TPSA) is 64.3 Å². The Labute approximate surface area is 132 Å². The lowest BCUT2D eigenvalue weighted by atomic mass is 10.2. The summed E-state index contributed by atoms with van der Waals surface area (Å²) in [6, 6.07) is 11.2. The van der Waals surface area contributed by atoms with Crippen LogP contribution in [0.5, 0.6) is 0 Å². The number of anilines is 1. The molecular formula is C15H16N2O2S2. The Kier molecular flexibility index (Phi) is 5.86. The molecule has 3 N–H and O–H groups in total. The molecule has 0 atom stereocenters. The minimum atomic E-state index is -0.193. The standard InChI is InChI=1S/C15H16N2O2S2/c16-15(20)11-3-1-4-12(9-11)17-14(18)10-19-7-6-13-5-2-8-21-13/h1-5,8-9H,6-7,10H2,(H2,16,20)(H,17,18). The largest absolute Gasteiger partial charge is 0.389 e. The zero-order valence-electron chi connectivity index (χ0n) is 11.4. The minimum absolute atomic E-state index is 0.0304. The first-order chi connectivity index (χ1) is 10.1. The molecule has 2 aromatic rings. The molecule has 0 bridgehead atoms. The number of hydrogen-bond acceptors (Lipinski definition) is 4. The van der Waals surface area contributed by atoms with Crippen LogP contribution < -0.4 is 11.1 Å². The molecule has 4 nitrogen and oxygen atoms in total. The Morgan fingerprint density at radius 1 is 1.33 bits per heavy atom. The molecule has 0 saturated heterocycles. The fourth-order valence-corrected chi connectivity index (χ4v) is 2.56. The lowest BCUT2D eigenvalue weighted by molar-refractivity contribution is -0.120. The number of carbonyl (C=O) groups is 1. The van der Waals surface area contributed by atoms with Gasteiger partial charge in [0.25, 0.3) is 0 Å². The van der Waals surface area contributed by atoms with Crippen molar-refractivity contribution in [1.82, 2.24) is 0 Å². The van der Waals surface area contributed by atoms with E-state index in [-0.39, 0.29) is 12.5 Å². The Hall–Kier alpha value is -1.76. The maximum atomic E-state index is 11.8. The van der Waals surface area contributed by atoms with E-state index in [1.54, 1.807) is 35.6 Å². The summed E-state index contributed by atoms with van der Waals surface area (Å²) < 4.78 is 5.36. The second-order valence-electron chi connectivity index (χ2n) is 4.38. The van der Waals surface area contributed by atoms with Gasteiger partial charge in [0.2, 0.25) is 5.91 Å². The fourth-order valence-electron chi connectivity index (χ4n) is 1.74. The van der Waals surface area contributed by atoms with Crippen LogP contribution in [-0.4, -0.2) is 24.1 Å². The lowest BCUT2D eigenvalue weighted by Gasteiger charge is -2.07. The van der Waals surface area contributed by atoms with Crippen LogP contribution in [0.15, 0.2) is 41.8 Å². The predicted molar refractivity (Wildman–Crippen MR) is 89.8 cm³/mol. The van der Waals surface area contributed by atoms with Gasteiger partial charge in [-0.05, 0) is 23.6 Å². The van der Waals surface area contributed by atoms with Crippen molar-refractivity contribution in [3.63, 3.8) is 0 Å². The number of thiocarbonyl (C=S) groups is 1. The summed E-state index contributed by atoms with van der Waals surface area (Å²) in [4.78, 5) is 13.3. The van der Waals surface area contributed by atoms with Gasteiger partial charge in [0.1, 0.15) is 11.6 Å². The number of carbonyl (C=O) groups excluding carboxylic acids is 1. The summed E-state index contributed by atoms with van der Waals surface area (Å²) >= 11 is 6.59. The maximum absolute atomic E-state index is 11.8. The number of rotatable bonds is 7. The molecule has 0 unspecified atom stereocenters. The molecule has 1 amide bonds. The summed E-state index contributed by atoms with van der Waals surface area (Å²) in [6.45, 7) is 0.559. The van der Waals surface area contributed by atoms with Gasteiger partial charge in [-0.15, -0.1) is 11.3 Å². The van der Waals surface area contributed by atoms with Gasteiger partial charge in [0, 0.05) is 22.5 Å². The zero-order valence-corrected chi connectivity index (χ0v) is 13.0. The normalized spacial score (nSPS) is 10.3. The molecule has 0 aliphatic rings. The van der Waals surface area contributed by atoms with Gasteiger partial charge in [0.05, 0.1) is 6.61 Å². The van der Waals surface area contributed by atoms with Crippen LogP contribution in [0.2, 0.25) is 0 Å². The third-order valence-corrected chi connectivity index (χ3v) is 3.91. The van der Waals surface area contributed by atoms with E-state index in [9.17, 15) is 4.79 Å². The van der Waals surface area contributed by atoms with Crippen molar-refractivity contribution in [3.8, 4) is 0 Å². The number of nitrogens with one attached hydrogen (secondary N) is 1. The first-order valence-corrected chi connectivity index (χ1v) is 7.74. The highest BCUT2D eigenvalue weighted by Gasteiger charge is 2.04. The SMILES string of the molecule is NC(=S)c1cccc(NC(=O)COCCc2cccs2)c1. The van der Waals surface area contributed by atoms with E-state index in [2.05, 4.69) is 11.4 Å². The second kappa shape index (κ2) is 7.87. The number of nitrogens with two attached hydrogens (primary N) is 1. The smallest absolute Gasteiger partial charge is 0.250 e. The highest BCUT2D eigenvalue weighted by molar-refractivity contribution is 7.80. The maximum Gasteiger partial charge on any atom is 0.250 e. The molecule has 0 saturated carbocycles. The van der Waals surface area contributed by atoms with Gasteiger partial charge >= 0.3 is 0 Å². The van der Waals surface area contributed by atoms with Crippen LogP contribution in [-0.2, 0) is 16.0 Å².